The lowest BCUT2D eigenvalue weighted by atomic mass is 10.1. The molecule has 0 saturated carbocycles. The number of nitrogens with one attached hydrogen (secondary N) is 1. The van der Waals surface area contributed by atoms with E-state index in [1.165, 1.54) is 6.07 Å². The molecule has 0 bridgehead atoms. The fraction of sp³-hybridized carbons (Fsp3) is 0.500. The average molecular weight is 292 g/mol. The topological polar surface area (TPSA) is 49.4 Å². The van der Waals surface area contributed by atoms with Crippen LogP contribution in [-0.2, 0) is 16.0 Å². The first-order valence-electron chi connectivity index (χ1n) is 7.40. The van der Waals surface area contributed by atoms with E-state index in [1.54, 1.807) is 23.1 Å². The van der Waals surface area contributed by atoms with Crippen molar-refractivity contribution in [3.8, 4) is 0 Å². The number of carbonyl (C=O) groups is 2. The summed E-state index contributed by atoms with van der Waals surface area (Å²) in [5, 5.41) is 2.84. The molecule has 0 aliphatic carbocycles. The molecule has 2 rings (SSSR count). The van der Waals surface area contributed by atoms with E-state index in [1.807, 2.05) is 6.92 Å². The van der Waals surface area contributed by atoms with Crippen LogP contribution in [0.2, 0.25) is 0 Å². The van der Waals surface area contributed by atoms with Crippen LogP contribution in [0.5, 0.6) is 0 Å². The van der Waals surface area contributed by atoms with Gasteiger partial charge in [-0.1, -0.05) is 18.2 Å². The van der Waals surface area contributed by atoms with Gasteiger partial charge in [0, 0.05) is 26.1 Å². The predicted molar refractivity (Wildman–Crippen MR) is 78.1 cm³/mol. The van der Waals surface area contributed by atoms with E-state index in [0.717, 1.165) is 0 Å². The number of aryl methyl sites for hydroxylation is 1. The van der Waals surface area contributed by atoms with Gasteiger partial charge in [-0.05, 0) is 31.4 Å². The maximum Gasteiger partial charge on any atom is 0.225 e. The standard InChI is InChI=1S/C16H21FN2O2/c1-2-19-11-13(10-15(19)20)16(21)18-9-5-7-12-6-3-4-8-14(12)17/h3-4,6,8,13H,2,5,7,9-11H2,1H3,(H,18,21)/t13-/m0/s1. The summed E-state index contributed by atoms with van der Waals surface area (Å²) in [4.78, 5) is 25.2. The van der Waals surface area contributed by atoms with E-state index in [2.05, 4.69) is 5.32 Å². The molecule has 1 aliphatic rings. The van der Waals surface area contributed by atoms with E-state index in [-0.39, 0.29) is 23.5 Å². The molecule has 0 unspecified atom stereocenters. The third-order valence-corrected chi connectivity index (χ3v) is 3.85. The van der Waals surface area contributed by atoms with Crippen molar-refractivity contribution >= 4 is 11.8 Å². The molecule has 1 saturated heterocycles. The first-order chi connectivity index (χ1) is 10.1. The summed E-state index contributed by atoms with van der Waals surface area (Å²) in [7, 11) is 0. The monoisotopic (exact) mass is 292 g/mol. The number of hydrogen-bond acceptors (Lipinski definition) is 2. The fourth-order valence-electron chi connectivity index (χ4n) is 2.59. The molecule has 21 heavy (non-hydrogen) atoms. The zero-order valence-electron chi connectivity index (χ0n) is 12.3. The van der Waals surface area contributed by atoms with Gasteiger partial charge in [0.25, 0.3) is 0 Å². The quantitative estimate of drug-likeness (QED) is 0.812. The normalized spacial score (nSPS) is 18.1. The number of carbonyl (C=O) groups excluding carboxylic acids is 2. The van der Waals surface area contributed by atoms with Gasteiger partial charge < -0.3 is 10.2 Å². The van der Waals surface area contributed by atoms with Gasteiger partial charge in [0.05, 0.1) is 5.92 Å². The van der Waals surface area contributed by atoms with Crippen molar-refractivity contribution in [3.63, 3.8) is 0 Å². The Kier molecular flexibility index (Phi) is 5.31. The van der Waals surface area contributed by atoms with Gasteiger partial charge in [-0.15, -0.1) is 0 Å². The summed E-state index contributed by atoms with van der Waals surface area (Å²) in [6, 6.07) is 6.67. The molecule has 1 atom stereocenters. The Labute approximate surface area is 124 Å². The molecule has 0 aromatic heterocycles. The Morgan fingerprint density at radius 2 is 2.19 bits per heavy atom. The van der Waals surface area contributed by atoms with Crippen LogP contribution in [0.1, 0.15) is 25.3 Å². The van der Waals surface area contributed by atoms with Crippen LogP contribution >= 0.6 is 0 Å². The van der Waals surface area contributed by atoms with Crippen molar-refractivity contribution < 1.29 is 14.0 Å². The minimum Gasteiger partial charge on any atom is -0.356 e. The van der Waals surface area contributed by atoms with Crippen LogP contribution in [0.4, 0.5) is 4.39 Å². The lowest BCUT2D eigenvalue weighted by Gasteiger charge is -2.13. The second-order valence-electron chi connectivity index (χ2n) is 5.32. The number of hydrogen-bond donors (Lipinski definition) is 1. The molecule has 1 aromatic rings. The second-order valence-corrected chi connectivity index (χ2v) is 5.32. The Hall–Kier alpha value is -1.91. The highest BCUT2D eigenvalue weighted by Crippen LogP contribution is 2.17. The number of benzene rings is 1. The van der Waals surface area contributed by atoms with Gasteiger partial charge in [-0.2, -0.15) is 0 Å². The van der Waals surface area contributed by atoms with Crippen molar-refractivity contribution in [1.29, 1.82) is 0 Å². The van der Waals surface area contributed by atoms with Gasteiger partial charge in [0.1, 0.15) is 5.82 Å². The summed E-state index contributed by atoms with van der Waals surface area (Å²) in [6.07, 6.45) is 1.58. The van der Waals surface area contributed by atoms with Crippen molar-refractivity contribution in [2.75, 3.05) is 19.6 Å². The lowest BCUT2D eigenvalue weighted by Crippen LogP contribution is -2.33. The minimum absolute atomic E-state index is 0.0454. The molecule has 1 aliphatic heterocycles. The lowest BCUT2D eigenvalue weighted by molar-refractivity contribution is -0.128. The smallest absolute Gasteiger partial charge is 0.225 e. The number of halogens is 1. The highest BCUT2D eigenvalue weighted by Gasteiger charge is 2.32. The van der Waals surface area contributed by atoms with Crippen LogP contribution in [-0.4, -0.2) is 36.3 Å². The van der Waals surface area contributed by atoms with Gasteiger partial charge >= 0.3 is 0 Å². The van der Waals surface area contributed by atoms with Crippen molar-refractivity contribution in [1.82, 2.24) is 10.2 Å². The van der Waals surface area contributed by atoms with Crippen LogP contribution in [0.3, 0.4) is 0 Å². The first kappa shape index (κ1) is 15.5. The largest absolute Gasteiger partial charge is 0.356 e. The van der Waals surface area contributed by atoms with E-state index in [0.29, 0.717) is 44.5 Å². The predicted octanol–water partition coefficient (Wildman–Crippen LogP) is 1.74. The summed E-state index contributed by atoms with van der Waals surface area (Å²) in [5.74, 6) is -0.480. The highest BCUT2D eigenvalue weighted by molar-refractivity contribution is 5.89. The Morgan fingerprint density at radius 1 is 1.43 bits per heavy atom. The van der Waals surface area contributed by atoms with Gasteiger partial charge in [-0.25, -0.2) is 4.39 Å². The molecule has 1 heterocycles. The van der Waals surface area contributed by atoms with E-state index < -0.39 is 0 Å². The second kappa shape index (κ2) is 7.20. The third-order valence-electron chi connectivity index (χ3n) is 3.85. The van der Waals surface area contributed by atoms with Gasteiger partial charge in [-0.3, -0.25) is 9.59 Å². The molecule has 0 spiro atoms. The molecule has 1 N–H and O–H groups in total. The van der Waals surface area contributed by atoms with Crippen LogP contribution in [0.15, 0.2) is 24.3 Å². The average Bonchev–Trinajstić information content (AvgIpc) is 2.86. The van der Waals surface area contributed by atoms with Crippen LogP contribution in [0, 0.1) is 11.7 Å². The summed E-state index contributed by atoms with van der Waals surface area (Å²) in [6.45, 7) is 3.57. The Bertz CT molecular complexity index is 519. The number of amides is 2. The van der Waals surface area contributed by atoms with E-state index in [9.17, 15) is 14.0 Å². The SMILES string of the molecule is CCN1C[C@@H](C(=O)NCCCc2ccccc2F)CC1=O. The number of rotatable bonds is 6. The highest BCUT2D eigenvalue weighted by atomic mass is 19.1. The molecule has 2 amide bonds. The molecule has 1 aromatic carbocycles. The molecule has 114 valence electrons. The van der Waals surface area contributed by atoms with Crippen LogP contribution < -0.4 is 5.32 Å². The maximum absolute atomic E-state index is 13.4. The third kappa shape index (κ3) is 4.03. The zero-order chi connectivity index (χ0) is 15.2. The molecule has 4 nitrogen and oxygen atoms in total. The fourth-order valence-corrected chi connectivity index (χ4v) is 2.59. The van der Waals surface area contributed by atoms with Crippen molar-refractivity contribution in [2.24, 2.45) is 5.92 Å². The van der Waals surface area contributed by atoms with E-state index >= 15 is 0 Å². The van der Waals surface area contributed by atoms with Gasteiger partial charge in [0.2, 0.25) is 11.8 Å². The maximum atomic E-state index is 13.4. The Morgan fingerprint density at radius 3 is 2.86 bits per heavy atom. The molecular formula is C16H21FN2O2. The molecular weight excluding hydrogens is 271 g/mol. The first-order valence-corrected chi connectivity index (χ1v) is 7.40. The Balaban J connectivity index is 1.71. The summed E-state index contributed by atoms with van der Waals surface area (Å²) in [5.41, 5.74) is 0.667. The van der Waals surface area contributed by atoms with Crippen molar-refractivity contribution in [2.45, 2.75) is 26.2 Å². The molecule has 1 fully saturated rings. The zero-order valence-corrected chi connectivity index (χ0v) is 12.3. The molecule has 5 heteroatoms. The summed E-state index contributed by atoms with van der Waals surface area (Å²) >= 11 is 0. The summed E-state index contributed by atoms with van der Waals surface area (Å²) < 4.78 is 13.4. The number of likely N-dealkylation sites (tertiary alicyclic amines) is 1. The van der Waals surface area contributed by atoms with Crippen molar-refractivity contribution in [3.05, 3.63) is 35.6 Å². The minimum atomic E-state index is -0.245. The van der Waals surface area contributed by atoms with E-state index in [4.69, 9.17) is 0 Å². The molecule has 0 radical (unpaired) electrons. The van der Waals surface area contributed by atoms with Gasteiger partial charge in [0.15, 0.2) is 0 Å². The number of nitrogens with zero attached hydrogens (tertiary/aromatic N) is 1. The van der Waals surface area contributed by atoms with Crippen LogP contribution in [0.25, 0.3) is 0 Å².